The molecule has 0 fully saturated rings. The van der Waals surface area contributed by atoms with Crippen molar-refractivity contribution in [2.24, 2.45) is 5.73 Å². The zero-order chi connectivity index (χ0) is 13.8. The van der Waals surface area contributed by atoms with Gasteiger partial charge in [0.05, 0.1) is 24.8 Å². The lowest BCUT2D eigenvalue weighted by molar-refractivity contribution is 0.0415. The summed E-state index contributed by atoms with van der Waals surface area (Å²) in [5.74, 6) is 0.915. The highest BCUT2D eigenvalue weighted by atomic mass is 16.5. The highest BCUT2D eigenvalue weighted by molar-refractivity contribution is 5.38. The summed E-state index contributed by atoms with van der Waals surface area (Å²) in [6, 6.07) is 8.20. The van der Waals surface area contributed by atoms with Gasteiger partial charge in [0.1, 0.15) is 12.4 Å². The van der Waals surface area contributed by atoms with Crippen LogP contribution in [0.5, 0.6) is 5.75 Å². The Labute approximate surface area is 115 Å². The molecule has 106 valence electrons. The molecule has 2 atom stereocenters. The predicted octanol–water partition coefficient (Wildman–Crippen LogP) is 1.80. The van der Waals surface area contributed by atoms with Gasteiger partial charge < -0.3 is 15.2 Å². The summed E-state index contributed by atoms with van der Waals surface area (Å²) in [6.07, 6.45) is 0.269. The summed E-state index contributed by atoms with van der Waals surface area (Å²) in [5.41, 5.74) is 7.45. The zero-order valence-electron chi connectivity index (χ0n) is 12.0. The van der Waals surface area contributed by atoms with Gasteiger partial charge in [-0.15, -0.1) is 0 Å². The average Bonchev–Trinajstić information content (AvgIpc) is 2.39. The smallest absolute Gasteiger partial charge is 0.124 e. The number of nitrogens with zero attached hydrogens (tertiary/aromatic N) is 1. The second kappa shape index (κ2) is 6.37. The molecule has 0 aliphatic carbocycles. The van der Waals surface area contributed by atoms with Crippen molar-refractivity contribution in [3.05, 3.63) is 29.8 Å². The molecule has 1 aromatic carbocycles. The molecule has 0 saturated carbocycles. The maximum absolute atomic E-state index is 6.36. The van der Waals surface area contributed by atoms with Crippen LogP contribution in [0.4, 0.5) is 0 Å². The lowest BCUT2D eigenvalue weighted by atomic mass is 9.96. The van der Waals surface area contributed by atoms with E-state index in [9.17, 15) is 0 Å². The first-order valence-corrected chi connectivity index (χ1v) is 6.88. The molecule has 0 bridgehead atoms. The van der Waals surface area contributed by atoms with Crippen LogP contribution in [0.3, 0.4) is 0 Å². The molecule has 4 heteroatoms. The summed E-state index contributed by atoms with van der Waals surface area (Å²) in [7, 11) is 2.07. The number of ether oxygens (including phenoxy) is 2. The maximum Gasteiger partial charge on any atom is 0.124 e. The van der Waals surface area contributed by atoms with Crippen LogP contribution in [0, 0.1) is 0 Å². The standard InChI is InChI=1S/C15H24N2O2/c1-11(2)18-9-8-17(3)13-10-19-14-7-5-4-6-12(14)15(13)16/h4-7,11,13,15H,8-10,16H2,1-3H3. The Morgan fingerprint density at radius 2 is 2.16 bits per heavy atom. The van der Waals surface area contributed by atoms with Gasteiger partial charge in [-0.25, -0.2) is 0 Å². The number of para-hydroxylation sites is 1. The molecule has 2 rings (SSSR count). The Kier molecular flexibility index (Phi) is 4.80. The molecular weight excluding hydrogens is 240 g/mol. The van der Waals surface area contributed by atoms with E-state index in [0.717, 1.165) is 24.5 Å². The maximum atomic E-state index is 6.36. The molecule has 0 saturated heterocycles. The Morgan fingerprint density at radius 3 is 2.89 bits per heavy atom. The van der Waals surface area contributed by atoms with Gasteiger partial charge in [0.15, 0.2) is 0 Å². The first kappa shape index (κ1) is 14.3. The van der Waals surface area contributed by atoms with Crippen LogP contribution in [-0.4, -0.2) is 43.9 Å². The van der Waals surface area contributed by atoms with Gasteiger partial charge in [-0.3, -0.25) is 4.90 Å². The molecule has 0 spiro atoms. The molecule has 0 aromatic heterocycles. The van der Waals surface area contributed by atoms with E-state index in [4.69, 9.17) is 15.2 Å². The molecule has 19 heavy (non-hydrogen) atoms. The Morgan fingerprint density at radius 1 is 1.42 bits per heavy atom. The molecular formula is C15H24N2O2. The SMILES string of the molecule is CC(C)OCCN(C)C1COc2ccccc2C1N. The normalized spacial score (nSPS) is 22.4. The van der Waals surface area contributed by atoms with Gasteiger partial charge in [0, 0.05) is 12.1 Å². The summed E-state index contributed by atoms with van der Waals surface area (Å²) in [5, 5.41) is 0. The minimum absolute atomic E-state index is 0.00556. The molecule has 0 radical (unpaired) electrons. The third-order valence-corrected chi connectivity index (χ3v) is 3.56. The van der Waals surface area contributed by atoms with Gasteiger partial charge in [-0.1, -0.05) is 18.2 Å². The monoisotopic (exact) mass is 264 g/mol. The van der Waals surface area contributed by atoms with Crippen molar-refractivity contribution in [2.45, 2.75) is 32.0 Å². The number of fused-ring (bicyclic) bond motifs is 1. The number of rotatable bonds is 5. The van der Waals surface area contributed by atoms with E-state index in [0.29, 0.717) is 6.61 Å². The fourth-order valence-corrected chi connectivity index (χ4v) is 2.37. The topological polar surface area (TPSA) is 47.7 Å². The van der Waals surface area contributed by atoms with E-state index in [-0.39, 0.29) is 18.2 Å². The number of hydrogen-bond donors (Lipinski definition) is 1. The van der Waals surface area contributed by atoms with E-state index in [1.165, 1.54) is 0 Å². The predicted molar refractivity (Wildman–Crippen MR) is 76.4 cm³/mol. The molecule has 0 amide bonds. The van der Waals surface area contributed by atoms with E-state index in [1.54, 1.807) is 0 Å². The lowest BCUT2D eigenvalue weighted by Gasteiger charge is -2.37. The number of benzene rings is 1. The van der Waals surface area contributed by atoms with Crippen LogP contribution < -0.4 is 10.5 Å². The van der Waals surface area contributed by atoms with Gasteiger partial charge >= 0.3 is 0 Å². The number of hydrogen-bond acceptors (Lipinski definition) is 4. The molecule has 1 heterocycles. The van der Waals surface area contributed by atoms with E-state index in [1.807, 2.05) is 38.1 Å². The Balaban J connectivity index is 1.95. The van der Waals surface area contributed by atoms with Crippen molar-refractivity contribution in [3.8, 4) is 5.75 Å². The first-order valence-electron chi connectivity index (χ1n) is 6.88. The van der Waals surface area contributed by atoms with Crippen LogP contribution in [0.15, 0.2) is 24.3 Å². The van der Waals surface area contributed by atoms with E-state index < -0.39 is 0 Å². The van der Waals surface area contributed by atoms with E-state index >= 15 is 0 Å². The number of nitrogens with two attached hydrogens (primary N) is 1. The highest BCUT2D eigenvalue weighted by Gasteiger charge is 2.30. The van der Waals surface area contributed by atoms with Crippen molar-refractivity contribution < 1.29 is 9.47 Å². The number of likely N-dealkylation sites (N-methyl/N-ethyl adjacent to an activating group) is 1. The van der Waals surface area contributed by atoms with Gasteiger partial charge in [0.25, 0.3) is 0 Å². The summed E-state index contributed by atoms with van der Waals surface area (Å²) >= 11 is 0. The van der Waals surface area contributed by atoms with Gasteiger partial charge in [-0.2, -0.15) is 0 Å². The minimum Gasteiger partial charge on any atom is -0.492 e. The van der Waals surface area contributed by atoms with Crippen LogP contribution in [-0.2, 0) is 4.74 Å². The van der Waals surface area contributed by atoms with Crippen molar-refractivity contribution in [1.29, 1.82) is 0 Å². The largest absolute Gasteiger partial charge is 0.492 e. The molecule has 1 aromatic rings. The summed E-state index contributed by atoms with van der Waals surface area (Å²) < 4.78 is 11.4. The van der Waals surface area contributed by atoms with Gasteiger partial charge in [0.2, 0.25) is 0 Å². The fourth-order valence-electron chi connectivity index (χ4n) is 2.37. The first-order chi connectivity index (χ1) is 9.09. The van der Waals surface area contributed by atoms with Crippen LogP contribution in [0.2, 0.25) is 0 Å². The van der Waals surface area contributed by atoms with Crippen LogP contribution >= 0.6 is 0 Å². The molecule has 1 aliphatic heterocycles. The fraction of sp³-hybridized carbons (Fsp3) is 0.600. The van der Waals surface area contributed by atoms with Crippen molar-refractivity contribution >= 4 is 0 Å². The second-order valence-corrected chi connectivity index (χ2v) is 5.34. The second-order valence-electron chi connectivity index (χ2n) is 5.34. The highest BCUT2D eigenvalue weighted by Crippen LogP contribution is 2.31. The Hall–Kier alpha value is -1.10. The molecule has 4 nitrogen and oxygen atoms in total. The van der Waals surface area contributed by atoms with Crippen molar-refractivity contribution in [3.63, 3.8) is 0 Å². The zero-order valence-corrected chi connectivity index (χ0v) is 12.0. The van der Waals surface area contributed by atoms with Crippen molar-refractivity contribution in [1.82, 2.24) is 4.90 Å². The van der Waals surface area contributed by atoms with Crippen LogP contribution in [0.25, 0.3) is 0 Å². The molecule has 2 unspecified atom stereocenters. The summed E-state index contributed by atoms with van der Waals surface area (Å²) in [6.45, 7) is 6.31. The van der Waals surface area contributed by atoms with Gasteiger partial charge in [-0.05, 0) is 27.0 Å². The minimum atomic E-state index is -0.00556. The van der Waals surface area contributed by atoms with Crippen LogP contribution in [0.1, 0.15) is 25.5 Å². The average molecular weight is 264 g/mol. The van der Waals surface area contributed by atoms with Crippen molar-refractivity contribution in [2.75, 3.05) is 26.8 Å². The lowest BCUT2D eigenvalue weighted by Crippen LogP contribution is -2.48. The third kappa shape index (κ3) is 3.47. The quantitative estimate of drug-likeness (QED) is 0.881. The Bertz CT molecular complexity index is 409. The molecule has 1 aliphatic rings. The molecule has 2 N–H and O–H groups in total. The summed E-state index contributed by atoms with van der Waals surface area (Å²) in [4.78, 5) is 2.23. The third-order valence-electron chi connectivity index (χ3n) is 3.56. The van der Waals surface area contributed by atoms with E-state index in [2.05, 4.69) is 11.9 Å².